The summed E-state index contributed by atoms with van der Waals surface area (Å²) in [5.74, 6) is 0.748. The minimum Gasteiger partial charge on any atom is -0.497 e. The largest absolute Gasteiger partial charge is 0.497 e. The molecular formula is C29H28N4O3. The Balaban J connectivity index is 1.15. The Hall–Kier alpha value is -4.52. The van der Waals surface area contributed by atoms with Gasteiger partial charge in [-0.25, -0.2) is 4.79 Å². The number of carbonyl (C=O) groups excluding carboxylic acids is 2. The zero-order chi connectivity index (χ0) is 24.9. The fourth-order valence-corrected chi connectivity index (χ4v) is 4.42. The van der Waals surface area contributed by atoms with E-state index in [0.717, 1.165) is 35.1 Å². The highest BCUT2D eigenvalue weighted by Gasteiger charge is 2.22. The van der Waals surface area contributed by atoms with Gasteiger partial charge in [-0.05, 0) is 59.3 Å². The molecule has 0 bridgehead atoms. The molecular weight excluding hydrogens is 452 g/mol. The summed E-state index contributed by atoms with van der Waals surface area (Å²) in [6, 6.07) is 28.6. The van der Waals surface area contributed by atoms with Crippen molar-refractivity contribution in [1.29, 1.82) is 0 Å². The molecule has 0 spiro atoms. The zero-order valence-corrected chi connectivity index (χ0v) is 20.1. The average molecular weight is 481 g/mol. The number of urea groups is 1. The molecule has 0 saturated carbocycles. The number of hydrogen-bond donors (Lipinski definition) is 2. The lowest BCUT2D eigenvalue weighted by atomic mass is 10.1. The lowest BCUT2D eigenvalue weighted by Crippen LogP contribution is -2.48. The number of piperazine rings is 1. The standard InChI is InChI=1S/C29H28N4O3/c1-36-27-8-4-7-25(20-27)31-29(35)30-24-11-13-26(14-12-24)32-15-17-33(18-16-32)28(34)23-10-9-21-5-2-3-6-22(21)19-23/h2-14,19-20H,15-18H2,1H3,(H2,30,31,35). The van der Waals surface area contributed by atoms with Gasteiger partial charge < -0.3 is 25.2 Å². The van der Waals surface area contributed by atoms with Crippen molar-refractivity contribution in [2.24, 2.45) is 0 Å². The Morgan fingerprint density at radius 2 is 1.44 bits per heavy atom. The highest BCUT2D eigenvalue weighted by Crippen LogP contribution is 2.22. The van der Waals surface area contributed by atoms with Crippen LogP contribution in [0.15, 0.2) is 91.0 Å². The Morgan fingerprint density at radius 1 is 0.722 bits per heavy atom. The summed E-state index contributed by atoms with van der Waals surface area (Å²) in [7, 11) is 1.59. The lowest BCUT2D eigenvalue weighted by molar-refractivity contribution is 0.0747. The van der Waals surface area contributed by atoms with E-state index >= 15 is 0 Å². The Labute approximate surface area is 210 Å². The van der Waals surface area contributed by atoms with Crippen LogP contribution >= 0.6 is 0 Å². The Bertz CT molecular complexity index is 1380. The van der Waals surface area contributed by atoms with E-state index in [1.165, 1.54) is 0 Å². The first-order valence-corrected chi connectivity index (χ1v) is 11.9. The number of hydrogen-bond acceptors (Lipinski definition) is 4. The van der Waals surface area contributed by atoms with Crippen molar-refractivity contribution < 1.29 is 14.3 Å². The lowest BCUT2D eigenvalue weighted by Gasteiger charge is -2.36. The van der Waals surface area contributed by atoms with Crippen molar-refractivity contribution in [2.75, 3.05) is 48.8 Å². The summed E-state index contributed by atoms with van der Waals surface area (Å²) in [6.45, 7) is 2.83. The van der Waals surface area contributed by atoms with Gasteiger partial charge in [0.15, 0.2) is 0 Å². The van der Waals surface area contributed by atoms with Gasteiger partial charge in [0.05, 0.1) is 7.11 Å². The van der Waals surface area contributed by atoms with Crippen LogP contribution in [0.2, 0.25) is 0 Å². The number of methoxy groups -OCH3 is 1. The van der Waals surface area contributed by atoms with Crippen molar-refractivity contribution in [2.45, 2.75) is 0 Å². The number of carbonyl (C=O) groups is 2. The van der Waals surface area contributed by atoms with E-state index in [-0.39, 0.29) is 11.9 Å². The maximum Gasteiger partial charge on any atom is 0.323 e. The van der Waals surface area contributed by atoms with Gasteiger partial charge in [0.2, 0.25) is 0 Å². The molecule has 7 heteroatoms. The van der Waals surface area contributed by atoms with Crippen LogP contribution < -0.4 is 20.3 Å². The molecule has 0 radical (unpaired) electrons. The van der Waals surface area contributed by atoms with Crippen LogP contribution in [0.3, 0.4) is 0 Å². The SMILES string of the molecule is COc1cccc(NC(=O)Nc2ccc(N3CCN(C(=O)c4ccc5ccccc5c4)CC3)cc2)c1. The maximum atomic E-state index is 13.1. The number of benzene rings is 4. The molecule has 1 saturated heterocycles. The van der Waals surface area contributed by atoms with Gasteiger partial charge in [-0.3, -0.25) is 4.79 Å². The number of ether oxygens (including phenoxy) is 1. The zero-order valence-electron chi connectivity index (χ0n) is 20.1. The predicted molar refractivity (Wildman–Crippen MR) is 144 cm³/mol. The van der Waals surface area contributed by atoms with E-state index in [4.69, 9.17) is 4.74 Å². The minimum absolute atomic E-state index is 0.0713. The summed E-state index contributed by atoms with van der Waals surface area (Å²) >= 11 is 0. The first kappa shape index (κ1) is 23.2. The third kappa shape index (κ3) is 5.25. The van der Waals surface area contributed by atoms with Crippen LogP contribution in [0, 0.1) is 0 Å². The summed E-state index contributed by atoms with van der Waals surface area (Å²) in [4.78, 5) is 29.6. The normalized spacial score (nSPS) is 13.4. The van der Waals surface area contributed by atoms with Crippen molar-refractivity contribution in [3.63, 3.8) is 0 Å². The van der Waals surface area contributed by atoms with E-state index in [0.29, 0.717) is 30.2 Å². The van der Waals surface area contributed by atoms with E-state index in [1.807, 2.05) is 77.7 Å². The first-order valence-electron chi connectivity index (χ1n) is 11.9. The monoisotopic (exact) mass is 480 g/mol. The van der Waals surface area contributed by atoms with Crippen molar-refractivity contribution >= 4 is 39.8 Å². The second kappa shape index (κ2) is 10.4. The summed E-state index contributed by atoms with van der Waals surface area (Å²) in [6.07, 6.45) is 0. The van der Waals surface area contributed by atoms with Crippen LogP contribution in [0.25, 0.3) is 10.8 Å². The molecule has 0 atom stereocenters. The fourth-order valence-electron chi connectivity index (χ4n) is 4.42. The molecule has 4 aromatic rings. The third-order valence-electron chi connectivity index (χ3n) is 6.38. The molecule has 3 amide bonds. The van der Waals surface area contributed by atoms with Crippen molar-refractivity contribution in [3.8, 4) is 5.75 Å². The van der Waals surface area contributed by atoms with Gasteiger partial charge in [-0.1, -0.05) is 36.4 Å². The second-order valence-electron chi connectivity index (χ2n) is 8.70. The van der Waals surface area contributed by atoms with E-state index in [2.05, 4.69) is 21.6 Å². The summed E-state index contributed by atoms with van der Waals surface area (Å²) < 4.78 is 5.19. The number of nitrogens with zero attached hydrogens (tertiary/aromatic N) is 2. The molecule has 1 fully saturated rings. The van der Waals surface area contributed by atoms with Gasteiger partial charge in [-0.15, -0.1) is 0 Å². The van der Waals surface area contributed by atoms with E-state index < -0.39 is 0 Å². The quantitative estimate of drug-likeness (QED) is 0.398. The molecule has 0 aliphatic carbocycles. The molecule has 0 aromatic heterocycles. The summed E-state index contributed by atoms with van der Waals surface area (Å²) in [5, 5.41) is 7.86. The molecule has 1 aliphatic heterocycles. The third-order valence-corrected chi connectivity index (χ3v) is 6.38. The van der Waals surface area contributed by atoms with Crippen LogP contribution in [-0.2, 0) is 0 Å². The molecule has 1 aliphatic rings. The highest BCUT2D eigenvalue weighted by molar-refractivity contribution is 6.00. The van der Waals surface area contributed by atoms with Crippen LogP contribution in [0.1, 0.15) is 10.4 Å². The van der Waals surface area contributed by atoms with Crippen LogP contribution in [0.4, 0.5) is 21.9 Å². The second-order valence-corrected chi connectivity index (χ2v) is 8.70. The molecule has 2 N–H and O–H groups in total. The molecule has 0 unspecified atom stereocenters. The van der Waals surface area contributed by atoms with Gasteiger partial charge in [0.25, 0.3) is 5.91 Å². The Kier molecular flexibility index (Phi) is 6.71. The predicted octanol–water partition coefficient (Wildman–Crippen LogP) is 5.45. The van der Waals surface area contributed by atoms with Crippen molar-refractivity contribution in [3.05, 3.63) is 96.6 Å². The fraction of sp³-hybridized carbons (Fsp3) is 0.172. The molecule has 7 nitrogen and oxygen atoms in total. The molecule has 4 aromatic carbocycles. The summed E-state index contributed by atoms with van der Waals surface area (Å²) in [5.41, 5.74) is 3.14. The van der Waals surface area contributed by atoms with Gasteiger partial charge in [-0.2, -0.15) is 0 Å². The van der Waals surface area contributed by atoms with E-state index in [9.17, 15) is 9.59 Å². The smallest absolute Gasteiger partial charge is 0.323 e. The van der Waals surface area contributed by atoms with E-state index in [1.54, 1.807) is 19.2 Å². The Morgan fingerprint density at radius 3 is 2.19 bits per heavy atom. The first-order chi connectivity index (χ1) is 17.6. The average Bonchev–Trinajstić information content (AvgIpc) is 2.93. The molecule has 1 heterocycles. The van der Waals surface area contributed by atoms with Gasteiger partial charge in [0, 0.05) is 54.9 Å². The van der Waals surface area contributed by atoms with Crippen LogP contribution in [0.5, 0.6) is 5.75 Å². The number of nitrogens with one attached hydrogen (secondary N) is 2. The number of rotatable bonds is 5. The topological polar surface area (TPSA) is 73.9 Å². The number of amides is 3. The minimum atomic E-state index is -0.322. The number of fused-ring (bicyclic) bond motifs is 1. The molecule has 36 heavy (non-hydrogen) atoms. The maximum absolute atomic E-state index is 13.1. The van der Waals surface area contributed by atoms with Crippen molar-refractivity contribution in [1.82, 2.24) is 4.90 Å². The number of anilines is 3. The van der Waals surface area contributed by atoms with Gasteiger partial charge in [0.1, 0.15) is 5.75 Å². The highest BCUT2D eigenvalue weighted by atomic mass is 16.5. The van der Waals surface area contributed by atoms with Crippen LogP contribution in [-0.4, -0.2) is 50.1 Å². The molecule has 5 rings (SSSR count). The molecule has 182 valence electrons. The van der Waals surface area contributed by atoms with Gasteiger partial charge >= 0.3 is 6.03 Å².